The van der Waals surface area contributed by atoms with Gasteiger partial charge in [0.15, 0.2) is 0 Å². The Morgan fingerprint density at radius 1 is 1.41 bits per heavy atom. The van der Waals surface area contributed by atoms with Gasteiger partial charge in [0, 0.05) is 6.92 Å². The standard InChI is InChI=1S/C17H24O5/c1-11(18)21-14-17(7-8-20-14)10-12-9-16(4,22-19)6-5-13(12)15(17,2)3/h7-9,13-14,19H,5-6,10H2,1-4H3/t13-,14+,16-,17+/m1/s1. The highest BCUT2D eigenvalue weighted by molar-refractivity contribution is 5.66. The van der Waals surface area contributed by atoms with Crippen LogP contribution >= 0.6 is 0 Å². The van der Waals surface area contributed by atoms with Crippen LogP contribution in [0.5, 0.6) is 0 Å². The van der Waals surface area contributed by atoms with Gasteiger partial charge in [0.2, 0.25) is 0 Å². The van der Waals surface area contributed by atoms with Crippen LogP contribution in [-0.4, -0.2) is 23.1 Å². The first-order chi connectivity index (χ1) is 10.2. The fourth-order valence-electron chi connectivity index (χ4n) is 4.52. The quantitative estimate of drug-likeness (QED) is 0.366. The van der Waals surface area contributed by atoms with Gasteiger partial charge in [-0.25, -0.2) is 4.89 Å². The van der Waals surface area contributed by atoms with Crippen molar-refractivity contribution in [2.24, 2.45) is 16.7 Å². The molecule has 22 heavy (non-hydrogen) atoms. The number of hydrogen-bond acceptors (Lipinski definition) is 5. The van der Waals surface area contributed by atoms with E-state index in [-0.39, 0.29) is 16.8 Å². The summed E-state index contributed by atoms with van der Waals surface area (Å²) >= 11 is 0. The largest absolute Gasteiger partial charge is 0.462 e. The maximum absolute atomic E-state index is 11.4. The first-order valence-electron chi connectivity index (χ1n) is 7.79. The lowest BCUT2D eigenvalue weighted by atomic mass is 9.63. The second-order valence-electron chi connectivity index (χ2n) is 7.53. The predicted molar refractivity (Wildman–Crippen MR) is 79.5 cm³/mol. The van der Waals surface area contributed by atoms with Crippen molar-refractivity contribution in [3.05, 3.63) is 24.0 Å². The average molecular weight is 308 g/mol. The Morgan fingerprint density at radius 3 is 2.77 bits per heavy atom. The number of hydrogen-bond donors (Lipinski definition) is 1. The number of carbonyl (C=O) groups is 1. The molecule has 4 atom stereocenters. The summed E-state index contributed by atoms with van der Waals surface area (Å²) in [4.78, 5) is 16.1. The van der Waals surface area contributed by atoms with Gasteiger partial charge in [0.25, 0.3) is 6.29 Å². The maximum Gasteiger partial charge on any atom is 0.305 e. The molecule has 1 N–H and O–H groups in total. The minimum Gasteiger partial charge on any atom is -0.462 e. The minimum absolute atomic E-state index is 0.108. The molecule has 3 aliphatic rings. The summed E-state index contributed by atoms with van der Waals surface area (Å²) < 4.78 is 11.0. The molecule has 5 heteroatoms. The number of esters is 1. The molecule has 1 aliphatic heterocycles. The van der Waals surface area contributed by atoms with Crippen LogP contribution in [0.1, 0.15) is 47.0 Å². The predicted octanol–water partition coefficient (Wildman–Crippen LogP) is 3.42. The molecule has 1 fully saturated rings. The Hall–Kier alpha value is -1.33. The topological polar surface area (TPSA) is 65.0 Å². The van der Waals surface area contributed by atoms with Crippen molar-refractivity contribution in [2.75, 3.05) is 0 Å². The third-order valence-electron chi connectivity index (χ3n) is 5.90. The molecule has 1 saturated carbocycles. The highest BCUT2D eigenvalue weighted by Gasteiger charge is 2.63. The van der Waals surface area contributed by atoms with Crippen molar-refractivity contribution in [2.45, 2.75) is 58.8 Å². The van der Waals surface area contributed by atoms with Gasteiger partial charge in [-0.1, -0.05) is 25.5 Å². The van der Waals surface area contributed by atoms with E-state index < -0.39 is 11.9 Å². The molecule has 0 saturated heterocycles. The van der Waals surface area contributed by atoms with Gasteiger partial charge in [0.1, 0.15) is 5.60 Å². The number of fused-ring (bicyclic) bond motifs is 1. The zero-order chi connectivity index (χ0) is 16.2. The molecule has 0 bridgehead atoms. The van der Waals surface area contributed by atoms with Crippen LogP contribution in [0, 0.1) is 16.7 Å². The lowest BCUT2D eigenvalue weighted by Gasteiger charge is -2.43. The molecular formula is C17H24O5. The molecule has 0 radical (unpaired) electrons. The summed E-state index contributed by atoms with van der Waals surface area (Å²) in [5, 5.41) is 9.18. The highest BCUT2D eigenvalue weighted by atomic mass is 17.1. The zero-order valence-electron chi connectivity index (χ0n) is 13.6. The third-order valence-corrected chi connectivity index (χ3v) is 5.90. The van der Waals surface area contributed by atoms with Crippen molar-refractivity contribution < 1.29 is 24.4 Å². The molecule has 0 aromatic rings. The monoisotopic (exact) mass is 308 g/mol. The van der Waals surface area contributed by atoms with Crippen molar-refractivity contribution in [3.8, 4) is 0 Å². The van der Waals surface area contributed by atoms with E-state index >= 15 is 0 Å². The van der Waals surface area contributed by atoms with Gasteiger partial charge in [-0.05, 0) is 43.6 Å². The van der Waals surface area contributed by atoms with E-state index in [4.69, 9.17) is 9.47 Å². The Labute approximate surface area is 130 Å². The van der Waals surface area contributed by atoms with E-state index in [2.05, 4.69) is 18.7 Å². The SMILES string of the molecule is CC(=O)O[C@@H]1OC=C[C@]12CC1=C[C@](C)(OO)CC[C@H]1C2(C)C. The molecule has 1 heterocycles. The van der Waals surface area contributed by atoms with Gasteiger partial charge in [-0.2, -0.15) is 0 Å². The first-order valence-corrected chi connectivity index (χ1v) is 7.79. The number of ether oxygens (including phenoxy) is 2. The van der Waals surface area contributed by atoms with Crippen LogP contribution in [0.2, 0.25) is 0 Å². The van der Waals surface area contributed by atoms with Crippen LogP contribution in [0.25, 0.3) is 0 Å². The summed E-state index contributed by atoms with van der Waals surface area (Å²) in [7, 11) is 0. The second kappa shape index (κ2) is 4.83. The van der Waals surface area contributed by atoms with Crippen LogP contribution in [0.3, 0.4) is 0 Å². The Morgan fingerprint density at radius 2 is 2.14 bits per heavy atom. The fraction of sp³-hybridized carbons (Fsp3) is 0.706. The van der Waals surface area contributed by atoms with Crippen molar-refractivity contribution in [3.63, 3.8) is 0 Å². The summed E-state index contributed by atoms with van der Waals surface area (Å²) in [5.41, 5.74) is 0.145. The van der Waals surface area contributed by atoms with Crippen LogP contribution in [-0.2, 0) is 19.2 Å². The van der Waals surface area contributed by atoms with Gasteiger partial charge in [-0.15, -0.1) is 0 Å². The van der Waals surface area contributed by atoms with Crippen molar-refractivity contribution in [1.82, 2.24) is 0 Å². The molecule has 1 spiro atoms. The lowest BCUT2D eigenvalue weighted by molar-refractivity contribution is -0.306. The van der Waals surface area contributed by atoms with Crippen molar-refractivity contribution >= 4 is 5.97 Å². The van der Waals surface area contributed by atoms with Gasteiger partial charge >= 0.3 is 5.97 Å². The smallest absolute Gasteiger partial charge is 0.305 e. The Kier molecular flexibility index (Phi) is 3.42. The minimum atomic E-state index is -0.631. The summed E-state index contributed by atoms with van der Waals surface area (Å²) in [6.45, 7) is 7.70. The number of rotatable bonds is 2. The average Bonchev–Trinajstić information content (AvgIpc) is 2.91. The molecule has 5 nitrogen and oxygen atoms in total. The summed E-state index contributed by atoms with van der Waals surface area (Å²) in [6, 6.07) is 0. The molecule has 0 amide bonds. The normalized spacial score (nSPS) is 42.0. The molecule has 0 aromatic carbocycles. The zero-order valence-corrected chi connectivity index (χ0v) is 13.6. The number of allylic oxidation sites excluding steroid dienone is 1. The molecule has 3 rings (SSSR count). The van der Waals surface area contributed by atoms with E-state index in [9.17, 15) is 10.1 Å². The van der Waals surface area contributed by atoms with E-state index in [1.54, 1.807) is 6.26 Å². The lowest BCUT2D eigenvalue weighted by Crippen LogP contribution is -2.45. The fourth-order valence-corrected chi connectivity index (χ4v) is 4.52. The van der Waals surface area contributed by atoms with E-state index in [0.29, 0.717) is 5.92 Å². The Balaban J connectivity index is 2.00. The van der Waals surface area contributed by atoms with Crippen LogP contribution in [0.4, 0.5) is 0 Å². The first kappa shape index (κ1) is 15.6. The highest BCUT2D eigenvalue weighted by Crippen LogP contribution is 2.65. The summed E-state index contributed by atoms with van der Waals surface area (Å²) in [5.74, 6) is 0.0244. The maximum atomic E-state index is 11.4. The second-order valence-corrected chi connectivity index (χ2v) is 7.53. The van der Waals surface area contributed by atoms with Gasteiger partial charge in [-0.3, -0.25) is 10.1 Å². The van der Waals surface area contributed by atoms with E-state index in [1.807, 2.05) is 19.1 Å². The molecule has 122 valence electrons. The van der Waals surface area contributed by atoms with Crippen LogP contribution in [0.15, 0.2) is 24.0 Å². The van der Waals surface area contributed by atoms with Gasteiger partial charge in [0.05, 0.1) is 11.7 Å². The molecule has 0 aromatic heterocycles. The van der Waals surface area contributed by atoms with Gasteiger partial charge < -0.3 is 9.47 Å². The van der Waals surface area contributed by atoms with E-state index in [1.165, 1.54) is 12.5 Å². The third kappa shape index (κ3) is 2.02. The van der Waals surface area contributed by atoms with Crippen LogP contribution < -0.4 is 0 Å². The van der Waals surface area contributed by atoms with E-state index in [0.717, 1.165) is 19.3 Å². The summed E-state index contributed by atoms with van der Waals surface area (Å²) in [6.07, 6.45) is 7.57. The number of carbonyl (C=O) groups excluding carboxylic acids is 1. The van der Waals surface area contributed by atoms with Crippen molar-refractivity contribution in [1.29, 1.82) is 0 Å². The molecular weight excluding hydrogens is 284 g/mol. The molecule has 2 aliphatic carbocycles. The Bertz CT molecular complexity index is 549. The molecule has 0 unspecified atom stereocenters.